The zero-order valence-corrected chi connectivity index (χ0v) is 18.7. The molecule has 1 aliphatic rings. The Balaban J connectivity index is 1.63. The van der Waals surface area contributed by atoms with Gasteiger partial charge in [0.25, 0.3) is 0 Å². The lowest BCUT2D eigenvalue weighted by Crippen LogP contribution is -2.54. The van der Waals surface area contributed by atoms with Gasteiger partial charge in [-0.2, -0.15) is 0 Å². The van der Waals surface area contributed by atoms with Crippen LogP contribution in [-0.2, 0) is 19.1 Å². The van der Waals surface area contributed by atoms with Gasteiger partial charge in [-0.3, -0.25) is 0 Å². The Morgan fingerprint density at radius 3 is 1.57 bits per heavy atom. The smallest absolute Gasteiger partial charge is 0.331 e. The molecule has 3 rings (SSSR count). The van der Waals surface area contributed by atoms with Gasteiger partial charge in [-0.05, 0) is 54.5 Å². The lowest BCUT2D eigenvalue weighted by molar-refractivity contribution is -0.190. The van der Waals surface area contributed by atoms with Crippen LogP contribution in [0.5, 0.6) is 23.0 Å². The Morgan fingerprint density at radius 2 is 1.20 bits per heavy atom. The Hall–Kier alpha value is -4.02. The van der Waals surface area contributed by atoms with Crippen LogP contribution in [0.3, 0.4) is 0 Å². The molecule has 0 unspecified atom stereocenters. The molecule has 1 aliphatic carbocycles. The van der Waals surface area contributed by atoms with Crippen LogP contribution in [0, 0.1) is 0 Å². The summed E-state index contributed by atoms with van der Waals surface area (Å²) in [6.07, 6.45) is 0.850. The van der Waals surface area contributed by atoms with Gasteiger partial charge in [0.2, 0.25) is 0 Å². The standard InChI is InChI=1S/C25H26O10/c1-25(33)12-20(34-22(30)8-4-14-2-6-16(26)18(28)10-14)24(32)21(13-25)35-23(31)9-5-15-3-7-17(27)19(29)11-15/h2-11,20-21,24,26-29,32-33H,12-13H2,1H3/b8-4+,9-5+/t20-,21-,24-,25+/m1/s1. The highest BCUT2D eigenvalue weighted by molar-refractivity contribution is 5.88. The van der Waals surface area contributed by atoms with Crippen LogP contribution in [0.25, 0.3) is 12.2 Å². The van der Waals surface area contributed by atoms with Crippen molar-refractivity contribution in [3.63, 3.8) is 0 Å². The summed E-state index contributed by atoms with van der Waals surface area (Å²) in [5.41, 5.74) is -0.573. The van der Waals surface area contributed by atoms with Crippen molar-refractivity contribution >= 4 is 24.1 Å². The lowest BCUT2D eigenvalue weighted by Gasteiger charge is -2.41. The monoisotopic (exact) mass is 486 g/mol. The van der Waals surface area contributed by atoms with E-state index in [2.05, 4.69) is 0 Å². The number of rotatable bonds is 6. The number of esters is 2. The predicted molar refractivity (Wildman–Crippen MR) is 123 cm³/mol. The van der Waals surface area contributed by atoms with Gasteiger partial charge in [0.1, 0.15) is 18.3 Å². The van der Waals surface area contributed by atoms with Crippen LogP contribution < -0.4 is 0 Å². The second kappa shape index (κ2) is 10.5. The van der Waals surface area contributed by atoms with E-state index in [-0.39, 0.29) is 35.8 Å². The predicted octanol–water partition coefficient (Wildman–Crippen LogP) is 1.96. The zero-order chi connectivity index (χ0) is 25.8. The Morgan fingerprint density at radius 1 is 0.800 bits per heavy atom. The summed E-state index contributed by atoms with van der Waals surface area (Å²) in [4.78, 5) is 24.5. The Kier molecular flexibility index (Phi) is 7.68. The van der Waals surface area contributed by atoms with Crippen molar-refractivity contribution in [3.8, 4) is 23.0 Å². The van der Waals surface area contributed by atoms with Crippen molar-refractivity contribution in [1.82, 2.24) is 0 Å². The third kappa shape index (κ3) is 6.98. The van der Waals surface area contributed by atoms with Gasteiger partial charge in [0, 0.05) is 25.0 Å². The third-order valence-electron chi connectivity index (χ3n) is 5.40. The van der Waals surface area contributed by atoms with Crippen LogP contribution in [0.2, 0.25) is 0 Å². The number of aliphatic hydroxyl groups excluding tert-OH is 1. The van der Waals surface area contributed by atoms with E-state index in [0.717, 1.165) is 12.2 Å². The van der Waals surface area contributed by atoms with E-state index < -0.39 is 35.9 Å². The fourth-order valence-electron chi connectivity index (χ4n) is 3.65. The maximum Gasteiger partial charge on any atom is 0.331 e. The summed E-state index contributed by atoms with van der Waals surface area (Å²) in [6.45, 7) is 1.46. The summed E-state index contributed by atoms with van der Waals surface area (Å²) in [5.74, 6) is -3.02. The molecule has 35 heavy (non-hydrogen) atoms. The summed E-state index contributed by atoms with van der Waals surface area (Å²) >= 11 is 0. The van der Waals surface area contributed by atoms with Crippen LogP contribution in [0.4, 0.5) is 0 Å². The number of carbonyl (C=O) groups is 2. The average Bonchev–Trinajstić information content (AvgIpc) is 2.78. The maximum absolute atomic E-state index is 12.3. The first kappa shape index (κ1) is 25.6. The van der Waals surface area contributed by atoms with Crippen LogP contribution in [0.15, 0.2) is 48.6 Å². The molecule has 6 N–H and O–H groups in total. The number of ether oxygens (including phenoxy) is 2. The molecule has 0 spiro atoms. The number of carbonyl (C=O) groups excluding carboxylic acids is 2. The molecular weight excluding hydrogens is 460 g/mol. The Bertz CT molecular complexity index is 1060. The highest BCUT2D eigenvalue weighted by Gasteiger charge is 2.45. The first-order chi connectivity index (χ1) is 16.4. The largest absolute Gasteiger partial charge is 0.504 e. The minimum absolute atomic E-state index is 0.0928. The molecule has 10 heteroatoms. The zero-order valence-electron chi connectivity index (χ0n) is 18.7. The normalized spacial score (nSPS) is 24.5. The van der Waals surface area contributed by atoms with Crippen molar-refractivity contribution < 1.29 is 49.7 Å². The quantitative estimate of drug-likeness (QED) is 0.201. The highest BCUT2D eigenvalue weighted by Crippen LogP contribution is 2.33. The van der Waals surface area contributed by atoms with Crippen molar-refractivity contribution in [2.75, 3.05) is 0 Å². The minimum atomic E-state index is -1.40. The summed E-state index contributed by atoms with van der Waals surface area (Å²) in [6, 6.07) is 7.90. The molecule has 0 radical (unpaired) electrons. The molecule has 1 saturated carbocycles. The number of aromatic hydroxyl groups is 4. The van der Waals surface area contributed by atoms with Gasteiger partial charge in [-0.15, -0.1) is 0 Å². The van der Waals surface area contributed by atoms with E-state index in [1.165, 1.54) is 55.5 Å². The van der Waals surface area contributed by atoms with Gasteiger partial charge >= 0.3 is 11.9 Å². The second-order valence-corrected chi connectivity index (χ2v) is 8.51. The first-order valence-corrected chi connectivity index (χ1v) is 10.7. The number of aliphatic hydroxyl groups is 2. The fourth-order valence-corrected chi connectivity index (χ4v) is 3.65. The molecule has 186 valence electrons. The van der Waals surface area contributed by atoms with Gasteiger partial charge in [0.05, 0.1) is 5.60 Å². The number of hydrogen-bond acceptors (Lipinski definition) is 10. The van der Waals surface area contributed by atoms with Crippen LogP contribution in [-0.4, -0.2) is 66.5 Å². The molecule has 2 aromatic rings. The molecule has 0 aromatic heterocycles. The molecule has 0 amide bonds. The van der Waals surface area contributed by atoms with Gasteiger partial charge in [-0.25, -0.2) is 9.59 Å². The van der Waals surface area contributed by atoms with Crippen molar-refractivity contribution in [1.29, 1.82) is 0 Å². The molecule has 0 heterocycles. The molecule has 2 aromatic carbocycles. The minimum Gasteiger partial charge on any atom is -0.504 e. The molecule has 10 nitrogen and oxygen atoms in total. The summed E-state index contributed by atoms with van der Waals surface area (Å²) < 4.78 is 10.5. The van der Waals surface area contributed by atoms with Gasteiger partial charge < -0.3 is 40.1 Å². The third-order valence-corrected chi connectivity index (χ3v) is 5.40. The van der Waals surface area contributed by atoms with Crippen LogP contribution in [0.1, 0.15) is 30.9 Å². The number of hydrogen-bond donors (Lipinski definition) is 6. The fraction of sp³-hybridized carbons (Fsp3) is 0.280. The molecule has 0 saturated heterocycles. The molecule has 2 atom stereocenters. The number of phenols is 4. The SMILES string of the molecule is C[C@]1(O)C[C@@H](OC(=O)/C=C/c2ccc(O)c(O)c2)[C@@H](O)[C@H](OC(=O)/C=C/c2ccc(O)c(O)c2)C1. The van der Waals surface area contributed by atoms with Crippen molar-refractivity contribution in [3.05, 3.63) is 59.7 Å². The van der Waals surface area contributed by atoms with Gasteiger partial charge in [-0.1, -0.05) is 12.1 Å². The lowest BCUT2D eigenvalue weighted by atomic mass is 9.80. The topological polar surface area (TPSA) is 174 Å². The van der Waals surface area contributed by atoms with Crippen LogP contribution >= 0.6 is 0 Å². The van der Waals surface area contributed by atoms with Gasteiger partial charge in [0.15, 0.2) is 23.0 Å². The van der Waals surface area contributed by atoms with Crippen molar-refractivity contribution in [2.24, 2.45) is 0 Å². The number of benzene rings is 2. The average molecular weight is 486 g/mol. The molecule has 1 fully saturated rings. The van der Waals surface area contributed by atoms with E-state index in [4.69, 9.17) is 9.47 Å². The van der Waals surface area contributed by atoms with Crippen molar-refractivity contribution in [2.45, 2.75) is 43.7 Å². The second-order valence-electron chi connectivity index (χ2n) is 8.51. The van der Waals surface area contributed by atoms with E-state index in [1.54, 1.807) is 0 Å². The summed E-state index contributed by atoms with van der Waals surface area (Å²) in [5, 5.41) is 58.9. The van der Waals surface area contributed by atoms with E-state index in [1.807, 2.05) is 0 Å². The molecular formula is C25H26O10. The molecule has 0 aliphatic heterocycles. The highest BCUT2D eigenvalue weighted by atomic mass is 16.6. The summed E-state index contributed by atoms with van der Waals surface area (Å²) in [7, 11) is 0. The first-order valence-electron chi connectivity index (χ1n) is 10.7. The van der Waals surface area contributed by atoms with E-state index >= 15 is 0 Å². The van der Waals surface area contributed by atoms with E-state index in [0.29, 0.717) is 11.1 Å². The Labute approximate surface area is 200 Å². The molecule has 0 bridgehead atoms. The number of phenolic OH excluding ortho intramolecular Hbond substituents is 4. The maximum atomic E-state index is 12.3. The van der Waals surface area contributed by atoms with E-state index in [9.17, 15) is 40.2 Å².